The van der Waals surface area contributed by atoms with Gasteiger partial charge in [0.1, 0.15) is 5.75 Å². The predicted octanol–water partition coefficient (Wildman–Crippen LogP) is 4.78. The van der Waals surface area contributed by atoms with E-state index >= 15 is 0 Å². The van der Waals surface area contributed by atoms with Gasteiger partial charge >= 0.3 is 0 Å². The lowest BCUT2D eigenvalue weighted by atomic mass is 10.1. The van der Waals surface area contributed by atoms with Gasteiger partial charge in [-0.1, -0.05) is 64.7 Å². The van der Waals surface area contributed by atoms with Gasteiger partial charge in [0, 0.05) is 12.1 Å². The molecule has 2 nitrogen and oxygen atoms in total. The van der Waals surface area contributed by atoms with Crippen LogP contribution >= 0.6 is 0 Å². The fourth-order valence-electron chi connectivity index (χ4n) is 2.17. The molecule has 0 atom stereocenters. The highest BCUT2D eigenvalue weighted by Gasteiger charge is 2.03. The summed E-state index contributed by atoms with van der Waals surface area (Å²) in [7, 11) is 0. The largest absolute Gasteiger partial charge is 0.493 e. The highest BCUT2D eigenvalue weighted by atomic mass is 16.5. The quantitative estimate of drug-likeness (QED) is 0.588. The van der Waals surface area contributed by atoms with Crippen LogP contribution in [0.4, 0.5) is 0 Å². The lowest BCUT2D eigenvalue weighted by Gasteiger charge is -2.13. The summed E-state index contributed by atoms with van der Waals surface area (Å²) in [5, 5.41) is 3.48. The van der Waals surface area contributed by atoms with Crippen molar-refractivity contribution in [3.05, 3.63) is 29.8 Å². The summed E-state index contributed by atoms with van der Waals surface area (Å²) in [6.45, 7) is 9.48. The highest BCUT2D eigenvalue weighted by molar-refractivity contribution is 5.33. The van der Waals surface area contributed by atoms with Crippen molar-refractivity contribution in [2.24, 2.45) is 5.92 Å². The molecule has 20 heavy (non-hydrogen) atoms. The standard InChI is InChI=1S/C18H31NO/c1-4-5-6-7-10-13-20-18-12-9-8-11-17(18)15-19-14-16(2)3/h8-9,11-12,16,19H,4-7,10,13-15H2,1-3H3. The molecular weight excluding hydrogens is 246 g/mol. The Morgan fingerprint density at radius 3 is 2.55 bits per heavy atom. The highest BCUT2D eigenvalue weighted by Crippen LogP contribution is 2.18. The van der Waals surface area contributed by atoms with Crippen molar-refractivity contribution in [3.8, 4) is 5.75 Å². The van der Waals surface area contributed by atoms with Crippen molar-refractivity contribution >= 4 is 0 Å². The summed E-state index contributed by atoms with van der Waals surface area (Å²) < 4.78 is 5.93. The third-order valence-electron chi connectivity index (χ3n) is 3.35. The minimum atomic E-state index is 0.682. The molecule has 1 aromatic rings. The molecule has 0 saturated heterocycles. The minimum Gasteiger partial charge on any atom is -0.493 e. The second-order valence-corrected chi connectivity index (χ2v) is 5.90. The Hall–Kier alpha value is -1.02. The zero-order chi connectivity index (χ0) is 14.6. The molecule has 0 bridgehead atoms. The average Bonchev–Trinajstić information content (AvgIpc) is 2.44. The molecule has 0 heterocycles. The SMILES string of the molecule is CCCCCCCOc1ccccc1CNCC(C)C. The minimum absolute atomic E-state index is 0.682. The van der Waals surface area contributed by atoms with E-state index in [-0.39, 0.29) is 0 Å². The summed E-state index contributed by atoms with van der Waals surface area (Å²) in [6.07, 6.45) is 6.41. The van der Waals surface area contributed by atoms with E-state index in [0.717, 1.165) is 31.9 Å². The number of nitrogens with one attached hydrogen (secondary N) is 1. The third kappa shape index (κ3) is 7.54. The third-order valence-corrected chi connectivity index (χ3v) is 3.35. The number of unbranched alkanes of at least 4 members (excludes halogenated alkanes) is 4. The van der Waals surface area contributed by atoms with Crippen LogP contribution in [0.25, 0.3) is 0 Å². The average molecular weight is 277 g/mol. The maximum absolute atomic E-state index is 5.93. The maximum Gasteiger partial charge on any atom is 0.123 e. The Kier molecular flexibility index (Phi) is 9.14. The van der Waals surface area contributed by atoms with Crippen LogP contribution in [0.3, 0.4) is 0 Å². The van der Waals surface area contributed by atoms with Crippen LogP contribution in [-0.2, 0) is 6.54 Å². The molecule has 0 amide bonds. The summed E-state index contributed by atoms with van der Waals surface area (Å²) in [5.74, 6) is 1.72. The van der Waals surface area contributed by atoms with Gasteiger partial charge in [0.25, 0.3) is 0 Å². The molecule has 0 radical (unpaired) electrons. The van der Waals surface area contributed by atoms with Crippen molar-refractivity contribution in [1.29, 1.82) is 0 Å². The lowest BCUT2D eigenvalue weighted by Crippen LogP contribution is -2.19. The zero-order valence-electron chi connectivity index (χ0n) is 13.5. The van der Waals surface area contributed by atoms with Crippen molar-refractivity contribution < 1.29 is 4.74 Å². The molecule has 0 saturated carbocycles. The molecule has 0 aromatic heterocycles. The van der Waals surface area contributed by atoms with Gasteiger partial charge in [-0.05, 0) is 24.9 Å². The Bertz CT molecular complexity index is 349. The van der Waals surface area contributed by atoms with Gasteiger partial charge in [-0.25, -0.2) is 0 Å². The topological polar surface area (TPSA) is 21.3 Å². The van der Waals surface area contributed by atoms with E-state index in [2.05, 4.69) is 50.4 Å². The van der Waals surface area contributed by atoms with Gasteiger partial charge in [0.2, 0.25) is 0 Å². The van der Waals surface area contributed by atoms with Crippen molar-refractivity contribution in [2.75, 3.05) is 13.2 Å². The number of hydrogen-bond donors (Lipinski definition) is 1. The monoisotopic (exact) mass is 277 g/mol. The first-order valence-electron chi connectivity index (χ1n) is 8.15. The first kappa shape index (κ1) is 17.0. The Labute approximate surface area is 124 Å². The maximum atomic E-state index is 5.93. The molecule has 0 aliphatic heterocycles. The van der Waals surface area contributed by atoms with Crippen LogP contribution in [0.2, 0.25) is 0 Å². The molecule has 1 aromatic carbocycles. The molecular formula is C18H31NO. The first-order valence-corrected chi connectivity index (χ1v) is 8.15. The molecule has 0 fully saturated rings. The van der Waals surface area contributed by atoms with Gasteiger partial charge in [-0.3, -0.25) is 0 Å². The Morgan fingerprint density at radius 2 is 1.80 bits per heavy atom. The molecule has 1 N–H and O–H groups in total. The zero-order valence-corrected chi connectivity index (χ0v) is 13.5. The molecule has 0 aliphatic carbocycles. The number of benzene rings is 1. The molecule has 0 aliphatic rings. The van der Waals surface area contributed by atoms with Crippen LogP contribution in [0.5, 0.6) is 5.75 Å². The van der Waals surface area contributed by atoms with E-state index in [1.54, 1.807) is 0 Å². The number of ether oxygens (including phenoxy) is 1. The van der Waals surface area contributed by atoms with Crippen LogP contribution < -0.4 is 10.1 Å². The van der Waals surface area contributed by atoms with Crippen LogP contribution in [0.1, 0.15) is 58.4 Å². The van der Waals surface area contributed by atoms with Crippen LogP contribution in [0, 0.1) is 5.92 Å². The van der Waals surface area contributed by atoms with Crippen molar-refractivity contribution in [2.45, 2.75) is 59.4 Å². The molecule has 2 heteroatoms. The normalized spacial score (nSPS) is 11.0. The molecule has 0 spiro atoms. The second kappa shape index (κ2) is 10.7. The second-order valence-electron chi connectivity index (χ2n) is 5.90. The van der Waals surface area contributed by atoms with E-state index in [1.807, 2.05) is 0 Å². The number of para-hydroxylation sites is 1. The Balaban J connectivity index is 2.29. The number of rotatable bonds is 11. The Morgan fingerprint density at radius 1 is 1.05 bits per heavy atom. The van der Waals surface area contributed by atoms with E-state index < -0.39 is 0 Å². The van der Waals surface area contributed by atoms with E-state index in [1.165, 1.54) is 31.2 Å². The van der Waals surface area contributed by atoms with E-state index in [0.29, 0.717) is 5.92 Å². The van der Waals surface area contributed by atoms with Crippen molar-refractivity contribution in [3.63, 3.8) is 0 Å². The summed E-state index contributed by atoms with van der Waals surface area (Å²) in [5.41, 5.74) is 1.27. The summed E-state index contributed by atoms with van der Waals surface area (Å²) >= 11 is 0. The van der Waals surface area contributed by atoms with Gasteiger partial charge in [0.15, 0.2) is 0 Å². The van der Waals surface area contributed by atoms with E-state index in [4.69, 9.17) is 4.74 Å². The van der Waals surface area contributed by atoms with Crippen LogP contribution in [-0.4, -0.2) is 13.2 Å². The molecule has 114 valence electrons. The smallest absolute Gasteiger partial charge is 0.123 e. The van der Waals surface area contributed by atoms with Crippen molar-refractivity contribution in [1.82, 2.24) is 5.32 Å². The fraction of sp³-hybridized carbons (Fsp3) is 0.667. The first-order chi connectivity index (χ1) is 9.74. The van der Waals surface area contributed by atoms with Crippen LogP contribution in [0.15, 0.2) is 24.3 Å². The molecule has 0 unspecified atom stereocenters. The summed E-state index contributed by atoms with van der Waals surface area (Å²) in [6, 6.07) is 8.37. The lowest BCUT2D eigenvalue weighted by molar-refractivity contribution is 0.300. The molecule has 1 rings (SSSR count). The van der Waals surface area contributed by atoms with Gasteiger partial charge in [0.05, 0.1) is 6.61 Å². The summed E-state index contributed by atoms with van der Waals surface area (Å²) in [4.78, 5) is 0. The van der Waals surface area contributed by atoms with Gasteiger partial charge in [-0.2, -0.15) is 0 Å². The number of hydrogen-bond acceptors (Lipinski definition) is 2. The van der Waals surface area contributed by atoms with Gasteiger partial charge in [-0.15, -0.1) is 0 Å². The van der Waals surface area contributed by atoms with E-state index in [9.17, 15) is 0 Å². The predicted molar refractivity (Wildman–Crippen MR) is 87.2 cm³/mol. The fourth-order valence-corrected chi connectivity index (χ4v) is 2.17. The van der Waals surface area contributed by atoms with Gasteiger partial charge < -0.3 is 10.1 Å².